The molecule has 0 N–H and O–H groups in total. The molecule has 0 fully saturated rings. The lowest BCUT2D eigenvalue weighted by atomic mass is 10.2. The highest BCUT2D eigenvalue weighted by Gasteiger charge is 2.12. The van der Waals surface area contributed by atoms with Crippen LogP contribution >= 0.6 is 23.4 Å². The van der Waals surface area contributed by atoms with E-state index in [4.69, 9.17) is 11.6 Å². The molecule has 6 nitrogen and oxygen atoms in total. The summed E-state index contributed by atoms with van der Waals surface area (Å²) in [6, 6.07) is 7.36. The third-order valence-electron chi connectivity index (χ3n) is 3.83. The molecule has 0 aliphatic rings. The van der Waals surface area contributed by atoms with Crippen molar-refractivity contribution in [2.45, 2.75) is 12.1 Å². The number of hydrogen-bond donors (Lipinski definition) is 0. The molecule has 0 atom stereocenters. The van der Waals surface area contributed by atoms with Gasteiger partial charge in [-0.15, -0.1) is 5.10 Å². The average Bonchev–Trinajstić information content (AvgIpc) is 3.01. The van der Waals surface area contributed by atoms with Gasteiger partial charge in [0.1, 0.15) is 0 Å². The fourth-order valence-electron chi connectivity index (χ4n) is 2.52. The van der Waals surface area contributed by atoms with Gasteiger partial charge >= 0.3 is 0 Å². The van der Waals surface area contributed by atoms with E-state index in [9.17, 15) is 4.79 Å². The van der Waals surface area contributed by atoms with Gasteiger partial charge in [-0.3, -0.25) is 9.36 Å². The van der Waals surface area contributed by atoms with Crippen LogP contribution in [0.25, 0.3) is 22.4 Å². The van der Waals surface area contributed by atoms with E-state index >= 15 is 0 Å². The first-order chi connectivity index (χ1) is 11.6. The van der Waals surface area contributed by atoms with Gasteiger partial charge in [0.15, 0.2) is 0 Å². The summed E-state index contributed by atoms with van der Waals surface area (Å²) in [4.78, 5) is 21.4. The number of aryl methyl sites for hydroxylation is 1. The molecular weight excluding hydrogens is 346 g/mol. The zero-order chi connectivity index (χ0) is 16.8. The minimum Gasteiger partial charge on any atom is -0.284 e. The summed E-state index contributed by atoms with van der Waals surface area (Å²) < 4.78 is 3.14. The van der Waals surface area contributed by atoms with Crippen LogP contribution in [-0.4, -0.2) is 30.4 Å². The molecule has 0 saturated heterocycles. The Morgan fingerprint density at radius 3 is 2.83 bits per heavy atom. The van der Waals surface area contributed by atoms with Gasteiger partial charge in [0.25, 0.3) is 11.3 Å². The Hall–Kier alpha value is -2.38. The minimum atomic E-state index is -0.178. The first kappa shape index (κ1) is 15.2. The Morgan fingerprint density at radius 1 is 1.25 bits per heavy atom. The number of pyridine rings is 1. The van der Waals surface area contributed by atoms with Crippen molar-refractivity contribution < 1.29 is 0 Å². The molecule has 0 amide bonds. The quantitative estimate of drug-likeness (QED) is 0.516. The summed E-state index contributed by atoms with van der Waals surface area (Å²) in [6.45, 7) is 1.92. The fraction of sp³-hybridized carbons (Fsp3) is 0.125. The first-order valence-corrected chi connectivity index (χ1v) is 8.76. The van der Waals surface area contributed by atoms with Gasteiger partial charge in [0.05, 0.1) is 16.6 Å². The number of aromatic nitrogens is 5. The molecule has 4 aromatic rings. The van der Waals surface area contributed by atoms with Crippen molar-refractivity contribution in [3.8, 4) is 5.69 Å². The lowest BCUT2D eigenvalue weighted by molar-refractivity contribution is 0.904. The van der Waals surface area contributed by atoms with Gasteiger partial charge in [0.2, 0.25) is 5.16 Å². The average molecular weight is 358 g/mol. The van der Waals surface area contributed by atoms with Crippen LogP contribution in [0.4, 0.5) is 0 Å². The molecule has 3 heterocycles. The summed E-state index contributed by atoms with van der Waals surface area (Å²) >= 11 is 7.61. The first-order valence-electron chi connectivity index (χ1n) is 7.16. The molecule has 0 saturated carbocycles. The lowest BCUT2D eigenvalue weighted by Gasteiger charge is -2.09. The second kappa shape index (κ2) is 5.61. The molecule has 0 radical (unpaired) electrons. The molecule has 24 heavy (non-hydrogen) atoms. The predicted octanol–water partition coefficient (Wildman–Crippen LogP) is 3.11. The number of benzene rings is 1. The summed E-state index contributed by atoms with van der Waals surface area (Å²) in [6.07, 6.45) is 5.15. The third kappa shape index (κ3) is 2.28. The van der Waals surface area contributed by atoms with E-state index in [0.717, 1.165) is 5.56 Å². The maximum Gasteiger partial charge on any atom is 0.266 e. The highest BCUT2D eigenvalue weighted by Crippen LogP contribution is 2.20. The number of thioether (sulfide) groups is 1. The molecule has 3 aromatic heterocycles. The third-order valence-corrected chi connectivity index (χ3v) is 4.78. The summed E-state index contributed by atoms with van der Waals surface area (Å²) in [5.41, 5.74) is 2.17. The van der Waals surface area contributed by atoms with E-state index in [1.807, 2.05) is 31.4 Å². The summed E-state index contributed by atoms with van der Waals surface area (Å²) in [5, 5.41) is 6.07. The Bertz CT molecular complexity index is 1150. The van der Waals surface area contributed by atoms with Gasteiger partial charge in [-0.25, -0.2) is 4.98 Å². The summed E-state index contributed by atoms with van der Waals surface area (Å²) in [5.74, 6) is 0.474. The van der Waals surface area contributed by atoms with E-state index in [2.05, 4.69) is 15.1 Å². The smallest absolute Gasteiger partial charge is 0.266 e. The maximum absolute atomic E-state index is 12.9. The van der Waals surface area contributed by atoms with Crippen LogP contribution < -0.4 is 5.56 Å². The number of hydrogen-bond acceptors (Lipinski definition) is 5. The topological polar surface area (TPSA) is 65.1 Å². The Morgan fingerprint density at radius 2 is 2.08 bits per heavy atom. The molecule has 1 aromatic carbocycles. The van der Waals surface area contributed by atoms with Gasteiger partial charge in [-0.2, -0.15) is 9.50 Å². The van der Waals surface area contributed by atoms with Crippen LogP contribution in [0.15, 0.2) is 46.6 Å². The molecule has 0 aliphatic carbocycles. The van der Waals surface area contributed by atoms with E-state index in [0.29, 0.717) is 32.5 Å². The molecule has 0 aliphatic heterocycles. The standard InChI is InChI=1S/C16H12ClN5OS/c1-9-3-4-10(7-12(9)17)21-6-5-13-11(14(21)23)8-18-15-19-16(24-2)20-22(13)15/h3-8H,1-2H3. The Kier molecular flexibility index (Phi) is 3.54. The van der Waals surface area contributed by atoms with Crippen LogP contribution in [0.1, 0.15) is 5.56 Å². The largest absolute Gasteiger partial charge is 0.284 e. The molecule has 0 spiro atoms. The van der Waals surface area contributed by atoms with E-state index < -0.39 is 0 Å². The van der Waals surface area contributed by atoms with Crippen molar-refractivity contribution in [3.05, 3.63) is 57.6 Å². The lowest BCUT2D eigenvalue weighted by Crippen LogP contribution is -2.18. The van der Waals surface area contributed by atoms with Crippen molar-refractivity contribution in [1.82, 2.24) is 24.1 Å². The van der Waals surface area contributed by atoms with Crippen LogP contribution in [0, 0.1) is 6.92 Å². The maximum atomic E-state index is 12.9. The molecule has 0 unspecified atom stereocenters. The van der Waals surface area contributed by atoms with Crippen molar-refractivity contribution in [2.75, 3.05) is 6.26 Å². The number of halogens is 1. The zero-order valence-corrected chi connectivity index (χ0v) is 14.5. The SMILES string of the molecule is CSc1nc2ncc3c(=O)n(-c4ccc(C)c(Cl)c4)ccc3n2n1. The Labute approximate surface area is 146 Å². The molecule has 4 rings (SSSR count). The van der Waals surface area contributed by atoms with Crippen molar-refractivity contribution in [3.63, 3.8) is 0 Å². The van der Waals surface area contributed by atoms with Crippen LogP contribution in [0.5, 0.6) is 0 Å². The zero-order valence-electron chi connectivity index (χ0n) is 12.9. The van der Waals surface area contributed by atoms with Crippen molar-refractivity contribution in [2.24, 2.45) is 0 Å². The van der Waals surface area contributed by atoms with E-state index in [1.54, 1.807) is 21.3 Å². The van der Waals surface area contributed by atoms with Gasteiger partial charge in [-0.1, -0.05) is 29.4 Å². The van der Waals surface area contributed by atoms with Gasteiger partial charge in [-0.05, 0) is 36.9 Å². The monoisotopic (exact) mass is 357 g/mol. The normalized spacial score (nSPS) is 11.5. The molecule has 8 heteroatoms. The second-order valence-corrected chi connectivity index (χ2v) is 6.47. The second-order valence-electron chi connectivity index (χ2n) is 5.29. The number of nitrogens with zero attached hydrogens (tertiary/aromatic N) is 5. The Balaban J connectivity index is 1.99. The molecule has 0 bridgehead atoms. The van der Waals surface area contributed by atoms with Gasteiger partial charge < -0.3 is 0 Å². The van der Waals surface area contributed by atoms with Gasteiger partial charge in [0, 0.05) is 17.4 Å². The van der Waals surface area contributed by atoms with E-state index in [1.165, 1.54) is 18.0 Å². The predicted molar refractivity (Wildman–Crippen MR) is 95.4 cm³/mol. The number of rotatable bonds is 2. The van der Waals surface area contributed by atoms with E-state index in [-0.39, 0.29) is 5.56 Å². The highest BCUT2D eigenvalue weighted by molar-refractivity contribution is 7.98. The highest BCUT2D eigenvalue weighted by atomic mass is 35.5. The van der Waals surface area contributed by atoms with Crippen LogP contribution in [-0.2, 0) is 0 Å². The van der Waals surface area contributed by atoms with Crippen molar-refractivity contribution >= 4 is 40.0 Å². The molecular formula is C16H12ClN5OS. The fourth-order valence-corrected chi connectivity index (χ4v) is 3.03. The molecule has 120 valence electrons. The summed E-state index contributed by atoms with van der Waals surface area (Å²) in [7, 11) is 0. The number of fused-ring (bicyclic) bond motifs is 3. The van der Waals surface area contributed by atoms with Crippen LogP contribution in [0.3, 0.4) is 0 Å². The van der Waals surface area contributed by atoms with Crippen LogP contribution in [0.2, 0.25) is 5.02 Å². The van der Waals surface area contributed by atoms with Crippen molar-refractivity contribution in [1.29, 1.82) is 0 Å². The minimum absolute atomic E-state index is 0.178.